The molecular formula is C11H17BrN4O3S. The Morgan fingerprint density at radius 1 is 1.60 bits per heavy atom. The number of halogens is 1. The number of anilines is 1. The second kappa shape index (κ2) is 7.00. The fourth-order valence-electron chi connectivity index (χ4n) is 1.47. The van der Waals surface area contributed by atoms with Crippen molar-refractivity contribution in [2.24, 2.45) is 0 Å². The molecule has 0 saturated carbocycles. The van der Waals surface area contributed by atoms with Gasteiger partial charge in [0, 0.05) is 22.8 Å². The molecule has 5 N–H and O–H groups in total. The molecule has 1 amide bonds. The van der Waals surface area contributed by atoms with Crippen molar-refractivity contribution in [1.29, 1.82) is 0 Å². The van der Waals surface area contributed by atoms with Crippen molar-refractivity contribution in [2.75, 3.05) is 12.3 Å². The van der Waals surface area contributed by atoms with Crippen LogP contribution < -0.4 is 15.8 Å². The van der Waals surface area contributed by atoms with E-state index in [-0.39, 0.29) is 5.82 Å². The van der Waals surface area contributed by atoms with Gasteiger partial charge in [-0.05, 0) is 42.3 Å². The van der Waals surface area contributed by atoms with Gasteiger partial charge in [0.2, 0.25) is 0 Å². The van der Waals surface area contributed by atoms with E-state index in [0.29, 0.717) is 22.3 Å². The van der Waals surface area contributed by atoms with Gasteiger partial charge in [0.05, 0.1) is 4.90 Å². The summed E-state index contributed by atoms with van der Waals surface area (Å²) in [5.74, 6) is 0.196. The lowest BCUT2D eigenvalue weighted by molar-refractivity contribution is 0.181. The van der Waals surface area contributed by atoms with Gasteiger partial charge < -0.3 is 16.2 Å². The van der Waals surface area contributed by atoms with E-state index in [1.54, 1.807) is 19.9 Å². The number of carbonyl (C=O) groups is 1. The molecule has 1 rings (SSSR count). The minimum Gasteiger partial charge on any atom is -0.465 e. The lowest BCUT2D eigenvalue weighted by atomic mass is 10.0. The molecule has 0 bridgehead atoms. The maximum absolute atomic E-state index is 12.0. The van der Waals surface area contributed by atoms with Crippen LogP contribution in [0.4, 0.5) is 10.6 Å². The summed E-state index contributed by atoms with van der Waals surface area (Å²) in [5, 5.41) is 11.1. The first kappa shape index (κ1) is 16.9. The Labute approximate surface area is 128 Å². The summed E-state index contributed by atoms with van der Waals surface area (Å²) in [7, 11) is -1.50. The molecule has 1 unspecified atom stereocenters. The van der Waals surface area contributed by atoms with Gasteiger partial charge in [0.25, 0.3) is 0 Å². The summed E-state index contributed by atoms with van der Waals surface area (Å²) in [4.78, 5) is 14.9. The van der Waals surface area contributed by atoms with E-state index in [0.717, 1.165) is 0 Å². The summed E-state index contributed by atoms with van der Waals surface area (Å²) in [6, 6.07) is 1.63. The molecule has 1 atom stereocenters. The van der Waals surface area contributed by atoms with Crippen molar-refractivity contribution in [3.05, 3.63) is 16.7 Å². The van der Waals surface area contributed by atoms with Crippen LogP contribution in [0.15, 0.2) is 21.6 Å². The summed E-state index contributed by atoms with van der Waals surface area (Å²) >= 11 is 3.24. The number of nitrogens with two attached hydrogens (primary N) is 1. The molecule has 0 aromatic carbocycles. The van der Waals surface area contributed by atoms with Crippen LogP contribution in [-0.2, 0) is 11.0 Å². The maximum Gasteiger partial charge on any atom is 0.405 e. The Morgan fingerprint density at radius 2 is 2.25 bits per heavy atom. The Kier molecular flexibility index (Phi) is 5.90. The number of nitrogen functional groups attached to an aromatic ring is 1. The maximum atomic E-state index is 12.0. The van der Waals surface area contributed by atoms with Crippen molar-refractivity contribution in [3.63, 3.8) is 0 Å². The highest BCUT2D eigenvalue weighted by Gasteiger charge is 2.20. The smallest absolute Gasteiger partial charge is 0.405 e. The molecule has 1 aromatic rings. The van der Waals surface area contributed by atoms with Crippen molar-refractivity contribution in [3.8, 4) is 0 Å². The molecule has 0 aliphatic rings. The minimum atomic E-state index is -1.50. The van der Waals surface area contributed by atoms with Gasteiger partial charge in [0.1, 0.15) is 16.8 Å². The van der Waals surface area contributed by atoms with E-state index in [4.69, 9.17) is 10.8 Å². The largest absolute Gasteiger partial charge is 0.465 e. The number of carboxylic acid groups (broad SMARTS) is 1. The average Bonchev–Trinajstić information content (AvgIpc) is 2.30. The number of hydrogen-bond donors (Lipinski definition) is 4. The zero-order chi connectivity index (χ0) is 15.3. The number of nitrogens with zero attached hydrogens (tertiary/aromatic N) is 1. The van der Waals surface area contributed by atoms with Gasteiger partial charge in [0.15, 0.2) is 0 Å². The Hall–Kier alpha value is -1.19. The normalized spacial score (nSPS) is 12.9. The van der Waals surface area contributed by atoms with Crippen LogP contribution in [0.5, 0.6) is 0 Å². The lowest BCUT2D eigenvalue weighted by Gasteiger charge is -2.24. The third-order valence-corrected chi connectivity index (χ3v) is 4.10. The minimum absolute atomic E-state index is 0.196. The Morgan fingerprint density at radius 3 is 2.85 bits per heavy atom. The van der Waals surface area contributed by atoms with Gasteiger partial charge in [-0.1, -0.05) is 0 Å². The first-order chi connectivity index (χ1) is 9.21. The zero-order valence-electron chi connectivity index (χ0n) is 11.1. The summed E-state index contributed by atoms with van der Waals surface area (Å²) in [6.07, 6.45) is 0.916. The van der Waals surface area contributed by atoms with Crippen molar-refractivity contribution < 1.29 is 14.1 Å². The van der Waals surface area contributed by atoms with Crippen molar-refractivity contribution >= 4 is 38.8 Å². The highest BCUT2D eigenvalue weighted by Crippen LogP contribution is 2.18. The number of amides is 1. The molecule has 0 fully saturated rings. The van der Waals surface area contributed by atoms with Gasteiger partial charge in [-0.3, -0.25) is 0 Å². The van der Waals surface area contributed by atoms with E-state index < -0.39 is 22.6 Å². The van der Waals surface area contributed by atoms with Gasteiger partial charge >= 0.3 is 6.09 Å². The molecule has 0 radical (unpaired) electrons. The van der Waals surface area contributed by atoms with E-state index in [2.05, 4.69) is 31.0 Å². The van der Waals surface area contributed by atoms with Gasteiger partial charge in [-0.2, -0.15) is 0 Å². The number of nitrogens with one attached hydrogen (secondary N) is 2. The van der Waals surface area contributed by atoms with Crippen molar-refractivity contribution in [1.82, 2.24) is 15.0 Å². The quantitative estimate of drug-likeness (QED) is 0.609. The fourth-order valence-corrected chi connectivity index (χ4v) is 2.87. The van der Waals surface area contributed by atoms with Crippen molar-refractivity contribution in [2.45, 2.75) is 30.7 Å². The molecule has 9 heteroatoms. The number of rotatable bonds is 6. The zero-order valence-corrected chi connectivity index (χ0v) is 13.5. The highest BCUT2D eigenvalue weighted by atomic mass is 79.9. The highest BCUT2D eigenvalue weighted by molar-refractivity contribution is 9.10. The van der Waals surface area contributed by atoms with E-state index in [1.807, 2.05) is 0 Å². The fraction of sp³-hybridized carbons (Fsp3) is 0.455. The predicted molar refractivity (Wildman–Crippen MR) is 80.6 cm³/mol. The van der Waals surface area contributed by atoms with Crippen LogP contribution >= 0.6 is 15.9 Å². The van der Waals surface area contributed by atoms with Gasteiger partial charge in [-0.25, -0.2) is 18.7 Å². The van der Waals surface area contributed by atoms with Crippen LogP contribution in [0.3, 0.4) is 0 Å². The lowest BCUT2D eigenvalue weighted by Crippen LogP contribution is -2.44. The van der Waals surface area contributed by atoms with Crippen LogP contribution in [0.2, 0.25) is 0 Å². The van der Waals surface area contributed by atoms with Gasteiger partial charge in [-0.15, -0.1) is 0 Å². The SMILES string of the molecule is CC(C)(CCNS(=O)c1cc(Br)cnc1N)NC(=O)O. The third kappa shape index (κ3) is 5.43. The molecule has 0 saturated heterocycles. The molecular weight excluding hydrogens is 348 g/mol. The van der Waals surface area contributed by atoms with Crippen LogP contribution in [-0.4, -0.2) is 32.5 Å². The van der Waals surface area contributed by atoms with E-state index in [9.17, 15) is 9.00 Å². The first-order valence-corrected chi connectivity index (χ1v) is 7.73. The molecule has 1 aromatic heterocycles. The number of hydrogen-bond acceptors (Lipinski definition) is 4. The van der Waals surface area contributed by atoms with Crippen LogP contribution in [0.25, 0.3) is 0 Å². The Bertz CT molecular complexity index is 524. The molecule has 0 spiro atoms. The Balaban J connectivity index is 2.56. The second-order valence-corrected chi connectivity index (χ2v) is 6.95. The molecule has 0 aliphatic carbocycles. The summed E-state index contributed by atoms with van der Waals surface area (Å²) in [5.41, 5.74) is 5.05. The van der Waals surface area contributed by atoms with E-state index in [1.165, 1.54) is 6.20 Å². The molecule has 7 nitrogen and oxygen atoms in total. The second-order valence-electron chi connectivity index (χ2n) is 4.76. The summed E-state index contributed by atoms with van der Waals surface area (Å²) in [6.45, 7) is 3.87. The third-order valence-electron chi connectivity index (χ3n) is 2.48. The average molecular weight is 365 g/mol. The van der Waals surface area contributed by atoms with Crippen LogP contribution in [0, 0.1) is 0 Å². The number of aromatic nitrogens is 1. The topological polar surface area (TPSA) is 117 Å². The molecule has 112 valence electrons. The molecule has 20 heavy (non-hydrogen) atoms. The van der Waals surface area contributed by atoms with E-state index >= 15 is 0 Å². The van der Waals surface area contributed by atoms with Crippen LogP contribution in [0.1, 0.15) is 20.3 Å². The standard InChI is InChI=1S/C11H17BrN4O3S/c1-11(2,16-10(17)18)3-4-15-20(19)8-5-7(12)6-14-9(8)13/h5-6,15-16H,3-4H2,1-2H3,(H2,13,14)(H,17,18). The molecule has 1 heterocycles. The monoisotopic (exact) mass is 364 g/mol. The first-order valence-electron chi connectivity index (χ1n) is 5.79. The summed E-state index contributed by atoms with van der Waals surface area (Å²) < 4.78 is 15.5. The predicted octanol–water partition coefficient (Wildman–Crippen LogP) is 1.47. The molecule has 0 aliphatic heterocycles. The number of pyridine rings is 1.